The normalized spacial score (nSPS) is 25.4. The molecule has 2 saturated heterocycles. The smallest absolute Gasteiger partial charge is 0.256 e. The largest absolute Gasteiger partial charge is 0.378 e. The zero-order valence-corrected chi connectivity index (χ0v) is 16.9. The topological polar surface area (TPSA) is 58.6 Å². The van der Waals surface area contributed by atoms with E-state index < -0.39 is 0 Å². The van der Waals surface area contributed by atoms with E-state index in [9.17, 15) is 9.59 Å². The van der Waals surface area contributed by atoms with Crippen molar-refractivity contribution in [3.63, 3.8) is 0 Å². The van der Waals surface area contributed by atoms with Gasteiger partial charge in [-0.05, 0) is 70.6 Å². The van der Waals surface area contributed by atoms with Crippen LogP contribution in [0.2, 0.25) is 5.02 Å². The molecule has 3 unspecified atom stereocenters. The molecule has 5 nitrogen and oxygen atoms in total. The molecule has 2 aliphatic heterocycles. The third-order valence-corrected chi connectivity index (χ3v) is 5.87. The number of rotatable bonds is 5. The minimum absolute atomic E-state index is 0.0633. The summed E-state index contributed by atoms with van der Waals surface area (Å²) in [5.74, 6) is -0.159. The number of hydrogen-bond donors (Lipinski definition) is 1. The van der Waals surface area contributed by atoms with Crippen molar-refractivity contribution in [3.8, 4) is 0 Å². The van der Waals surface area contributed by atoms with E-state index in [1.165, 1.54) is 0 Å². The second kappa shape index (κ2) is 9.07. The van der Waals surface area contributed by atoms with Crippen molar-refractivity contribution in [1.82, 2.24) is 4.90 Å². The molecule has 1 aromatic carbocycles. The number of carbonyl (C=O) groups excluding carboxylic acids is 2. The molecule has 0 aromatic heterocycles. The number of nitrogens with one attached hydrogen (secondary N) is 1. The van der Waals surface area contributed by atoms with Gasteiger partial charge >= 0.3 is 0 Å². The van der Waals surface area contributed by atoms with Gasteiger partial charge in [0.25, 0.3) is 5.91 Å². The summed E-state index contributed by atoms with van der Waals surface area (Å²) in [6.45, 7) is 4.95. The number of benzene rings is 1. The number of likely N-dealkylation sites (tertiary alicyclic amines) is 1. The van der Waals surface area contributed by atoms with Gasteiger partial charge in [-0.25, -0.2) is 0 Å². The van der Waals surface area contributed by atoms with E-state index in [-0.39, 0.29) is 30.0 Å². The molecule has 0 bridgehead atoms. The lowest BCUT2D eigenvalue weighted by Gasteiger charge is -2.39. The highest BCUT2D eigenvalue weighted by Gasteiger charge is 2.31. The van der Waals surface area contributed by atoms with Crippen molar-refractivity contribution in [1.29, 1.82) is 0 Å². The Balaban J connectivity index is 1.72. The summed E-state index contributed by atoms with van der Waals surface area (Å²) in [6, 6.07) is 5.45. The summed E-state index contributed by atoms with van der Waals surface area (Å²) in [4.78, 5) is 27.6. The van der Waals surface area contributed by atoms with Gasteiger partial charge in [-0.3, -0.25) is 9.59 Å². The first-order valence-corrected chi connectivity index (χ1v) is 10.4. The number of piperidine rings is 1. The van der Waals surface area contributed by atoms with E-state index in [0.717, 1.165) is 38.7 Å². The summed E-state index contributed by atoms with van der Waals surface area (Å²) in [6.07, 6.45) is 6.49. The van der Waals surface area contributed by atoms with Gasteiger partial charge < -0.3 is 15.0 Å². The van der Waals surface area contributed by atoms with Crippen molar-refractivity contribution in [2.75, 3.05) is 11.9 Å². The third-order valence-electron chi connectivity index (χ3n) is 5.63. The monoisotopic (exact) mass is 392 g/mol. The lowest BCUT2D eigenvalue weighted by atomic mass is 9.96. The van der Waals surface area contributed by atoms with Crippen LogP contribution in [0.5, 0.6) is 0 Å². The van der Waals surface area contributed by atoms with E-state index >= 15 is 0 Å². The van der Waals surface area contributed by atoms with Crippen LogP contribution in [0.1, 0.15) is 69.2 Å². The van der Waals surface area contributed by atoms with Crippen LogP contribution in [0.3, 0.4) is 0 Å². The number of hydrogen-bond acceptors (Lipinski definition) is 3. The molecule has 1 N–H and O–H groups in total. The first-order valence-electron chi connectivity index (χ1n) is 9.99. The molecule has 3 atom stereocenters. The van der Waals surface area contributed by atoms with Crippen LogP contribution in [0.4, 0.5) is 5.69 Å². The van der Waals surface area contributed by atoms with E-state index in [4.69, 9.17) is 16.3 Å². The average Bonchev–Trinajstić information content (AvgIpc) is 3.15. The predicted octanol–water partition coefficient (Wildman–Crippen LogP) is 4.64. The maximum absolute atomic E-state index is 13.2. The van der Waals surface area contributed by atoms with Crippen molar-refractivity contribution in [3.05, 3.63) is 28.8 Å². The van der Waals surface area contributed by atoms with Crippen LogP contribution in [-0.2, 0) is 9.53 Å². The van der Waals surface area contributed by atoms with Gasteiger partial charge in [0.1, 0.15) is 0 Å². The molecule has 2 aliphatic rings. The number of nitrogens with zero attached hydrogens (tertiary/aromatic N) is 1. The van der Waals surface area contributed by atoms with E-state index in [1.807, 2.05) is 4.90 Å². The van der Waals surface area contributed by atoms with Gasteiger partial charge in [0.05, 0.1) is 17.4 Å². The molecule has 27 heavy (non-hydrogen) atoms. The number of anilines is 1. The molecule has 0 saturated carbocycles. The Kier molecular flexibility index (Phi) is 6.77. The second-order valence-electron chi connectivity index (χ2n) is 7.75. The average molecular weight is 393 g/mol. The highest BCUT2D eigenvalue weighted by atomic mass is 35.5. The molecule has 1 aromatic rings. The molecule has 0 spiro atoms. The Morgan fingerprint density at radius 1 is 1.19 bits per heavy atom. The summed E-state index contributed by atoms with van der Waals surface area (Å²) < 4.78 is 5.58. The Labute approximate surface area is 166 Å². The lowest BCUT2D eigenvalue weighted by molar-refractivity contribution is -0.116. The van der Waals surface area contributed by atoms with Gasteiger partial charge in [0.15, 0.2) is 0 Å². The molecular weight excluding hydrogens is 364 g/mol. The Morgan fingerprint density at radius 3 is 2.59 bits per heavy atom. The molecule has 2 amide bonds. The fraction of sp³-hybridized carbons (Fsp3) is 0.619. The van der Waals surface area contributed by atoms with Crippen LogP contribution < -0.4 is 5.32 Å². The van der Waals surface area contributed by atoms with Gasteiger partial charge in [0.2, 0.25) is 5.91 Å². The standard InChI is InChI=1S/C21H29ClN2O3/c1-14-5-3-6-15(2)24(14)21(26)18-13-16(22)8-10-19(18)23-20(25)11-9-17-7-4-12-27-17/h8,10,13-15,17H,3-7,9,11-12H2,1-2H3,(H,23,25). The lowest BCUT2D eigenvalue weighted by Crippen LogP contribution is -2.47. The minimum atomic E-state index is -0.0957. The number of carbonyl (C=O) groups is 2. The van der Waals surface area contributed by atoms with Gasteiger partial charge in [-0.15, -0.1) is 0 Å². The van der Waals surface area contributed by atoms with Gasteiger partial charge in [-0.2, -0.15) is 0 Å². The van der Waals surface area contributed by atoms with E-state index in [0.29, 0.717) is 29.1 Å². The van der Waals surface area contributed by atoms with E-state index in [2.05, 4.69) is 19.2 Å². The van der Waals surface area contributed by atoms with Crippen molar-refractivity contribution in [2.24, 2.45) is 0 Å². The quantitative estimate of drug-likeness (QED) is 0.793. The molecule has 2 fully saturated rings. The summed E-state index contributed by atoms with van der Waals surface area (Å²) in [5.41, 5.74) is 1.00. The fourth-order valence-electron chi connectivity index (χ4n) is 4.14. The predicted molar refractivity (Wildman–Crippen MR) is 107 cm³/mol. The van der Waals surface area contributed by atoms with Crippen LogP contribution in [0.25, 0.3) is 0 Å². The maximum Gasteiger partial charge on any atom is 0.256 e. The first-order chi connectivity index (χ1) is 13.0. The third kappa shape index (κ3) is 5.02. The Morgan fingerprint density at radius 2 is 1.93 bits per heavy atom. The maximum atomic E-state index is 13.2. The Bertz CT molecular complexity index is 678. The van der Waals surface area contributed by atoms with Gasteiger partial charge in [0, 0.05) is 30.1 Å². The van der Waals surface area contributed by atoms with Gasteiger partial charge in [-0.1, -0.05) is 11.6 Å². The zero-order valence-electron chi connectivity index (χ0n) is 16.2. The minimum Gasteiger partial charge on any atom is -0.378 e. The highest BCUT2D eigenvalue weighted by molar-refractivity contribution is 6.31. The molecule has 0 aliphatic carbocycles. The van der Waals surface area contributed by atoms with E-state index in [1.54, 1.807) is 18.2 Å². The molecule has 2 heterocycles. The summed E-state index contributed by atoms with van der Waals surface area (Å²) in [5, 5.41) is 3.40. The van der Waals surface area contributed by atoms with Crippen molar-refractivity contribution < 1.29 is 14.3 Å². The van der Waals surface area contributed by atoms with Crippen molar-refractivity contribution in [2.45, 2.75) is 77.0 Å². The van der Waals surface area contributed by atoms with Crippen LogP contribution >= 0.6 is 11.6 Å². The molecule has 6 heteroatoms. The molecule has 3 rings (SSSR count). The second-order valence-corrected chi connectivity index (χ2v) is 8.19. The summed E-state index contributed by atoms with van der Waals surface area (Å²) >= 11 is 6.16. The molecular formula is C21H29ClN2O3. The molecule has 0 radical (unpaired) electrons. The van der Waals surface area contributed by atoms with Crippen LogP contribution in [0.15, 0.2) is 18.2 Å². The number of ether oxygens (including phenoxy) is 1. The van der Waals surface area contributed by atoms with Crippen LogP contribution in [-0.4, -0.2) is 41.5 Å². The SMILES string of the molecule is CC1CCCC(C)N1C(=O)c1cc(Cl)ccc1NC(=O)CCC1CCCO1. The zero-order chi connectivity index (χ0) is 19.4. The first kappa shape index (κ1) is 20.2. The van der Waals surface area contributed by atoms with Crippen molar-refractivity contribution >= 4 is 29.1 Å². The summed E-state index contributed by atoms with van der Waals surface area (Å²) in [7, 11) is 0. The number of halogens is 1. The van der Waals surface area contributed by atoms with Crippen LogP contribution in [0, 0.1) is 0 Å². The fourth-order valence-corrected chi connectivity index (χ4v) is 4.31. The Hall–Kier alpha value is -1.59. The number of amides is 2. The highest BCUT2D eigenvalue weighted by Crippen LogP contribution is 2.29. The molecule has 148 valence electrons.